The number of carbonyl (C=O) groups is 2. The highest BCUT2D eigenvalue weighted by atomic mass is 28.4. The van der Waals surface area contributed by atoms with Crippen molar-refractivity contribution in [2.24, 2.45) is 0 Å². The van der Waals surface area contributed by atoms with Crippen molar-refractivity contribution >= 4 is 20.1 Å². The summed E-state index contributed by atoms with van der Waals surface area (Å²) in [4.78, 5) is 23.2. The van der Waals surface area contributed by atoms with Crippen LogP contribution in [0.25, 0.3) is 0 Å². The molecule has 1 aliphatic carbocycles. The van der Waals surface area contributed by atoms with Crippen LogP contribution in [0.4, 0.5) is 0 Å². The summed E-state index contributed by atoms with van der Waals surface area (Å²) in [7, 11) is -0.414. The number of unbranched alkanes of at least 4 members (excludes halogenated alkanes) is 3. The van der Waals surface area contributed by atoms with E-state index in [2.05, 4.69) is 44.7 Å². The highest BCUT2D eigenvalue weighted by molar-refractivity contribution is 6.74. The molecule has 0 unspecified atom stereocenters. The second-order valence-electron chi connectivity index (χ2n) is 8.23. The van der Waals surface area contributed by atoms with Gasteiger partial charge in [-0.2, -0.15) is 0 Å². The van der Waals surface area contributed by atoms with Crippen LogP contribution in [0.1, 0.15) is 65.7 Å². The Kier molecular flexibility index (Phi) is 7.87. The third-order valence-corrected chi connectivity index (χ3v) is 9.69. The average molecular weight is 355 g/mol. The number of hydrogen-bond donors (Lipinski definition) is 0. The highest BCUT2D eigenvalue weighted by Crippen LogP contribution is 2.39. The van der Waals surface area contributed by atoms with Gasteiger partial charge in [-0.15, -0.1) is 0 Å². The number of ether oxygens (including phenoxy) is 1. The number of methoxy groups -OCH3 is 1. The smallest absolute Gasteiger partial charge is 0.305 e. The van der Waals surface area contributed by atoms with Crippen LogP contribution in [0.5, 0.6) is 0 Å². The van der Waals surface area contributed by atoms with Crippen molar-refractivity contribution in [1.29, 1.82) is 0 Å². The van der Waals surface area contributed by atoms with E-state index in [1.807, 2.05) is 0 Å². The highest BCUT2D eigenvalue weighted by Gasteiger charge is 2.40. The van der Waals surface area contributed by atoms with Crippen LogP contribution >= 0.6 is 0 Å². The number of hydrogen-bond acceptors (Lipinski definition) is 4. The molecule has 0 aromatic heterocycles. The van der Waals surface area contributed by atoms with Gasteiger partial charge in [0.05, 0.1) is 13.2 Å². The van der Waals surface area contributed by atoms with Crippen LogP contribution in [0.3, 0.4) is 0 Å². The molecule has 1 atom stereocenters. The van der Waals surface area contributed by atoms with Gasteiger partial charge in [-0.05, 0) is 49.0 Å². The number of Topliss-reactive ketones (excluding diaryl/α,β-unsaturated/α-hetero) is 1. The predicted molar refractivity (Wildman–Crippen MR) is 99.5 cm³/mol. The second kappa shape index (κ2) is 8.95. The van der Waals surface area contributed by atoms with E-state index in [9.17, 15) is 9.59 Å². The summed E-state index contributed by atoms with van der Waals surface area (Å²) in [6.07, 6.45) is 7.72. The van der Waals surface area contributed by atoms with Crippen LogP contribution in [0.2, 0.25) is 18.1 Å². The number of ketones is 1. The first kappa shape index (κ1) is 21.1. The zero-order valence-corrected chi connectivity index (χ0v) is 17.2. The van der Waals surface area contributed by atoms with Crippen molar-refractivity contribution in [2.75, 3.05) is 7.11 Å². The summed E-state index contributed by atoms with van der Waals surface area (Å²) in [6.45, 7) is 11.1. The van der Waals surface area contributed by atoms with Gasteiger partial charge >= 0.3 is 5.97 Å². The molecule has 0 N–H and O–H groups in total. The topological polar surface area (TPSA) is 52.6 Å². The molecule has 0 aliphatic heterocycles. The molecule has 0 radical (unpaired) electrons. The third-order valence-electron chi connectivity index (χ3n) is 5.19. The molecule has 138 valence electrons. The minimum atomic E-state index is -1.83. The van der Waals surface area contributed by atoms with E-state index >= 15 is 0 Å². The molecular formula is C19H34O4Si. The Morgan fingerprint density at radius 3 is 2.42 bits per heavy atom. The van der Waals surface area contributed by atoms with E-state index in [0.29, 0.717) is 12.8 Å². The van der Waals surface area contributed by atoms with Gasteiger partial charge in [0.15, 0.2) is 14.1 Å². The van der Waals surface area contributed by atoms with Crippen molar-refractivity contribution in [3.05, 3.63) is 11.6 Å². The molecule has 0 amide bonds. The number of carbonyl (C=O) groups excluding carboxylic acids is 2. The van der Waals surface area contributed by atoms with E-state index in [1.165, 1.54) is 7.11 Å². The Morgan fingerprint density at radius 1 is 1.21 bits per heavy atom. The molecule has 1 aliphatic rings. The maximum absolute atomic E-state index is 12.2. The number of rotatable bonds is 9. The fourth-order valence-electron chi connectivity index (χ4n) is 2.58. The molecule has 0 fully saturated rings. The van der Waals surface area contributed by atoms with Crippen LogP contribution in [0, 0.1) is 0 Å². The Balaban J connectivity index is 2.36. The lowest BCUT2D eigenvalue weighted by atomic mass is 10.0. The molecule has 0 aromatic carbocycles. The third kappa shape index (κ3) is 6.52. The van der Waals surface area contributed by atoms with Crippen LogP contribution < -0.4 is 0 Å². The molecule has 0 aromatic rings. The Labute approximate surface area is 148 Å². The molecule has 0 saturated carbocycles. The first-order valence-electron chi connectivity index (χ1n) is 9.05. The minimum Gasteiger partial charge on any atom is -0.469 e. The summed E-state index contributed by atoms with van der Waals surface area (Å²) in [5.74, 6) is 0.0996. The standard InChI is InChI=1S/C19H34O4Si/c1-19(2,3)24(5,6)23-16-13-15(17(20)14-16)11-9-7-8-10-12-18(21)22-4/h13,16H,7-12,14H2,1-6H3/t16-/m1/s1. The summed E-state index contributed by atoms with van der Waals surface area (Å²) in [5, 5.41) is 0.159. The van der Waals surface area contributed by atoms with Gasteiger partial charge in [-0.3, -0.25) is 9.59 Å². The van der Waals surface area contributed by atoms with E-state index < -0.39 is 8.32 Å². The van der Waals surface area contributed by atoms with E-state index in [0.717, 1.165) is 37.7 Å². The summed E-state index contributed by atoms with van der Waals surface area (Å²) < 4.78 is 11.0. The first-order chi connectivity index (χ1) is 11.1. The van der Waals surface area contributed by atoms with Crippen molar-refractivity contribution in [1.82, 2.24) is 0 Å². The average Bonchev–Trinajstić information content (AvgIpc) is 2.80. The van der Waals surface area contributed by atoms with Gasteiger partial charge in [0, 0.05) is 12.8 Å². The summed E-state index contributed by atoms with van der Waals surface area (Å²) >= 11 is 0. The van der Waals surface area contributed by atoms with Crippen LogP contribution in [-0.2, 0) is 18.8 Å². The fraction of sp³-hybridized carbons (Fsp3) is 0.789. The summed E-state index contributed by atoms with van der Waals surface area (Å²) in [6, 6.07) is 0. The van der Waals surface area contributed by atoms with Crippen LogP contribution in [0.15, 0.2) is 11.6 Å². The normalized spacial score (nSPS) is 18.7. The van der Waals surface area contributed by atoms with Gasteiger partial charge in [0.2, 0.25) is 0 Å². The second-order valence-corrected chi connectivity index (χ2v) is 13.0. The molecule has 1 rings (SSSR count). The molecule has 24 heavy (non-hydrogen) atoms. The van der Waals surface area contributed by atoms with E-state index in [1.54, 1.807) is 0 Å². The lowest BCUT2D eigenvalue weighted by molar-refractivity contribution is -0.140. The minimum absolute atomic E-state index is 0.0345. The lowest BCUT2D eigenvalue weighted by Gasteiger charge is -2.37. The molecule has 0 saturated heterocycles. The van der Waals surface area contributed by atoms with Crippen molar-refractivity contribution < 1.29 is 18.8 Å². The van der Waals surface area contributed by atoms with Crippen molar-refractivity contribution in [3.63, 3.8) is 0 Å². The van der Waals surface area contributed by atoms with Gasteiger partial charge in [-0.25, -0.2) is 0 Å². The largest absolute Gasteiger partial charge is 0.469 e. The fourth-order valence-corrected chi connectivity index (χ4v) is 3.85. The number of allylic oxidation sites excluding steroid dienone is 1. The SMILES string of the molecule is COC(=O)CCCCCCC1=C[C@@H](O[Si](C)(C)C(C)(C)C)CC1=O. The molecule has 5 heteroatoms. The lowest BCUT2D eigenvalue weighted by Crippen LogP contribution is -2.43. The van der Waals surface area contributed by atoms with Crippen LogP contribution in [-0.4, -0.2) is 33.3 Å². The number of esters is 1. The van der Waals surface area contributed by atoms with E-state index in [4.69, 9.17) is 4.43 Å². The molecule has 0 spiro atoms. The van der Waals surface area contributed by atoms with Crippen molar-refractivity contribution in [3.8, 4) is 0 Å². The maximum Gasteiger partial charge on any atom is 0.305 e. The Bertz CT molecular complexity index is 474. The van der Waals surface area contributed by atoms with Gasteiger partial charge in [0.25, 0.3) is 0 Å². The molecular weight excluding hydrogens is 320 g/mol. The quantitative estimate of drug-likeness (QED) is 0.339. The molecule has 4 nitrogen and oxygen atoms in total. The van der Waals surface area contributed by atoms with Crippen molar-refractivity contribution in [2.45, 2.75) is 90.0 Å². The first-order valence-corrected chi connectivity index (χ1v) is 12.0. The zero-order chi connectivity index (χ0) is 18.4. The molecule has 0 bridgehead atoms. The van der Waals surface area contributed by atoms with Gasteiger partial charge < -0.3 is 9.16 Å². The summed E-state index contributed by atoms with van der Waals surface area (Å²) in [5.41, 5.74) is 0.937. The monoisotopic (exact) mass is 354 g/mol. The Morgan fingerprint density at radius 2 is 1.83 bits per heavy atom. The van der Waals surface area contributed by atoms with Gasteiger partial charge in [0.1, 0.15) is 0 Å². The molecule has 0 heterocycles. The van der Waals surface area contributed by atoms with E-state index in [-0.39, 0.29) is 22.9 Å². The predicted octanol–water partition coefficient (Wildman–Crippen LogP) is 4.79. The van der Waals surface area contributed by atoms with Gasteiger partial charge in [-0.1, -0.05) is 33.6 Å². The zero-order valence-electron chi connectivity index (χ0n) is 16.2. The Hall–Kier alpha value is -0.943. The maximum atomic E-state index is 12.2.